The van der Waals surface area contributed by atoms with E-state index in [0.29, 0.717) is 0 Å². The van der Waals surface area contributed by atoms with Gasteiger partial charge >= 0.3 is 0 Å². The van der Waals surface area contributed by atoms with Gasteiger partial charge in [0.05, 0.1) is 23.0 Å². The number of aromatic hydroxyl groups is 2. The van der Waals surface area contributed by atoms with Crippen LogP contribution >= 0.6 is 0 Å². The van der Waals surface area contributed by atoms with Crippen molar-refractivity contribution in [2.75, 3.05) is 0 Å². The number of fused-ring (bicyclic) bond motifs is 2. The Balaban J connectivity index is 1.78. The number of Topliss-reactive ketones (excluding diaryl/α,β-unsaturated/α-hetero) is 1. The van der Waals surface area contributed by atoms with Crippen LogP contribution in [0.4, 0.5) is 0 Å². The van der Waals surface area contributed by atoms with Crippen molar-refractivity contribution in [3.63, 3.8) is 0 Å². The molecule has 0 aromatic heterocycles. The molecule has 0 unspecified atom stereocenters. The normalized spacial score (nSPS) is 29.4. The zero-order valence-electron chi connectivity index (χ0n) is 13.4. The minimum Gasteiger partial charge on any atom is -0.507 e. The zero-order chi connectivity index (χ0) is 16.7. The number of piperidine rings is 1. The van der Waals surface area contributed by atoms with Crippen molar-refractivity contribution in [3.05, 3.63) is 59.7 Å². The van der Waals surface area contributed by atoms with E-state index in [4.69, 9.17) is 0 Å². The molecule has 2 aromatic carbocycles. The van der Waals surface area contributed by atoms with Crippen molar-refractivity contribution in [3.8, 4) is 11.5 Å². The van der Waals surface area contributed by atoms with Crippen LogP contribution in [0.2, 0.25) is 0 Å². The predicted octanol–water partition coefficient (Wildman–Crippen LogP) is 2.44. The first-order valence-corrected chi connectivity index (χ1v) is 8.61. The van der Waals surface area contributed by atoms with Crippen LogP contribution < -0.4 is 5.32 Å². The van der Waals surface area contributed by atoms with E-state index in [1.165, 1.54) is 0 Å². The van der Waals surface area contributed by atoms with Crippen LogP contribution in [0.25, 0.3) is 0 Å². The van der Waals surface area contributed by atoms with Gasteiger partial charge in [-0.25, -0.2) is 0 Å². The molecule has 4 rings (SSSR count). The number of benzene rings is 2. The predicted molar refractivity (Wildman–Crippen MR) is 89.5 cm³/mol. The van der Waals surface area contributed by atoms with Crippen LogP contribution in [-0.4, -0.2) is 16.0 Å². The van der Waals surface area contributed by atoms with Gasteiger partial charge in [0.1, 0.15) is 23.6 Å². The van der Waals surface area contributed by atoms with Gasteiger partial charge in [-0.1, -0.05) is 30.7 Å². The van der Waals surface area contributed by atoms with E-state index in [9.17, 15) is 15.0 Å². The maximum atomic E-state index is 13.0. The van der Waals surface area contributed by atoms with Gasteiger partial charge in [-0.05, 0) is 37.1 Å². The minimum absolute atomic E-state index is 0.0563. The van der Waals surface area contributed by atoms with Crippen LogP contribution in [0.3, 0.4) is 0 Å². The lowest BCUT2D eigenvalue weighted by Gasteiger charge is -2.42. The Bertz CT molecular complexity index is 711. The van der Waals surface area contributed by atoms with Crippen molar-refractivity contribution >= 4 is 5.78 Å². The standard InChI is InChI=1S/C20H21NO3/c22-16-10-3-1-6-12(16)18-14-8-5-9-15(20(14)24)19(21-18)13-7-2-4-11-17(13)23/h1-4,6-7,10-11,14-15,18-19,21-23H,5,8-9H2/p+1/t14-,15-,18-,19+/m0/s1. The van der Waals surface area contributed by atoms with Crippen LogP contribution in [0.5, 0.6) is 11.5 Å². The van der Waals surface area contributed by atoms with Gasteiger partial charge < -0.3 is 15.5 Å². The molecular formula is C20H22NO3+. The molecule has 1 aliphatic carbocycles. The number of phenols is 2. The number of hydrogen-bond donors (Lipinski definition) is 3. The van der Waals surface area contributed by atoms with E-state index < -0.39 is 0 Å². The molecule has 0 radical (unpaired) electrons. The lowest BCUT2D eigenvalue weighted by Crippen LogP contribution is -2.92. The largest absolute Gasteiger partial charge is 0.507 e. The van der Waals surface area contributed by atoms with Crippen LogP contribution in [0, 0.1) is 11.8 Å². The molecule has 1 aliphatic heterocycles. The lowest BCUT2D eigenvalue weighted by molar-refractivity contribution is -0.750. The average molecular weight is 324 g/mol. The summed E-state index contributed by atoms with van der Waals surface area (Å²) in [6.45, 7) is 0. The topological polar surface area (TPSA) is 74.1 Å². The van der Waals surface area contributed by atoms with Crippen molar-refractivity contribution in [2.45, 2.75) is 31.3 Å². The lowest BCUT2D eigenvalue weighted by atomic mass is 9.67. The van der Waals surface area contributed by atoms with Gasteiger partial charge in [-0.15, -0.1) is 0 Å². The summed E-state index contributed by atoms with van der Waals surface area (Å²) in [5.74, 6) is 0.654. The van der Waals surface area contributed by atoms with Gasteiger partial charge in [0.15, 0.2) is 5.78 Å². The van der Waals surface area contributed by atoms with Crippen molar-refractivity contribution in [1.29, 1.82) is 0 Å². The Morgan fingerprint density at radius 3 is 1.71 bits per heavy atom. The molecule has 1 heterocycles. The molecule has 1 saturated heterocycles. The summed E-state index contributed by atoms with van der Waals surface area (Å²) >= 11 is 0. The number of rotatable bonds is 2. The smallest absolute Gasteiger partial charge is 0.151 e. The fourth-order valence-corrected chi connectivity index (χ4v) is 4.50. The number of carbonyl (C=O) groups excluding carboxylic acids is 1. The molecule has 0 spiro atoms. The number of hydrogen-bond acceptors (Lipinski definition) is 3. The first-order chi connectivity index (χ1) is 11.7. The summed E-state index contributed by atoms with van der Waals surface area (Å²) in [5.41, 5.74) is 1.63. The highest BCUT2D eigenvalue weighted by molar-refractivity contribution is 5.86. The van der Waals surface area contributed by atoms with Crippen molar-refractivity contribution in [1.82, 2.24) is 0 Å². The zero-order valence-corrected chi connectivity index (χ0v) is 13.4. The van der Waals surface area contributed by atoms with E-state index in [1.54, 1.807) is 24.3 Å². The fourth-order valence-electron chi connectivity index (χ4n) is 4.50. The average Bonchev–Trinajstić information content (AvgIpc) is 2.57. The second-order valence-electron chi connectivity index (χ2n) is 6.91. The van der Waals surface area contributed by atoms with E-state index in [1.807, 2.05) is 24.3 Å². The van der Waals surface area contributed by atoms with Crippen molar-refractivity contribution in [2.24, 2.45) is 11.8 Å². The summed E-state index contributed by atoms with van der Waals surface area (Å²) in [6.07, 6.45) is 2.76. The maximum absolute atomic E-state index is 13.0. The summed E-state index contributed by atoms with van der Waals surface area (Å²) in [7, 11) is 0. The number of ketones is 1. The van der Waals surface area contributed by atoms with Gasteiger partial charge in [0.25, 0.3) is 0 Å². The SMILES string of the molecule is O=C1[C@H]2CCC[C@H]1[C@H](c1ccccc1O)[NH2+][C@@H]2c1ccccc1O. The molecule has 1 saturated carbocycles. The Labute approximate surface area is 141 Å². The fraction of sp³-hybridized carbons (Fsp3) is 0.350. The van der Waals surface area contributed by atoms with E-state index >= 15 is 0 Å². The molecule has 124 valence electrons. The highest BCUT2D eigenvalue weighted by Gasteiger charge is 2.50. The summed E-state index contributed by atoms with van der Waals surface area (Å²) in [5, 5.41) is 22.7. The molecule has 24 heavy (non-hydrogen) atoms. The van der Waals surface area contributed by atoms with E-state index in [0.717, 1.165) is 30.4 Å². The number of carbonyl (C=O) groups is 1. The summed E-state index contributed by atoms with van der Waals surface area (Å²) in [4.78, 5) is 13.0. The maximum Gasteiger partial charge on any atom is 0.151 e. The first kappa shape index (κ1) is 15.2. The molecule has 4 N–H and O–H groups in total. The van der Waals surface area contributed by atoms with Gasteiger partial charge in [0.2, 0.25) is 0 Å². The number of quaternary nitrogens is 1. The molecular weight excluding hydrogens is 302 g/mol. The molecule has 2 bridgehead atoms. The summed E-state index contributed by atoms with van der Waals surface area (Å²) < 4.78 is 0. The molecule has 0 amide bonds. The molecule has 2 aliphatic rings. The third-order valence-corrected chi connectivity index (χ3v) is 5.63. The third kappa shape index (κ3) is 2.38. The number of para-hydroxylation sites is 2. The monoisotopic (exact) mass is 324 g/mol. The molecule has 2 aromatic rings. The van der Waals surface area contributed by atoms with Crippen LogP contribution in [0.15, 0.2) is 48.5 Å². The Kier molecular flexibility index (Phi) is 3.77. The Morgan fingerprint density at radius 2 is 1.25 bits per heavy atom. The summed E-state index contributed by atoms with van der Waals surface area (Å²) in [6, 6.07) is 14.4. The highest BCUT2D eigenvalue weighted by atomic mass is 16.3. The Morgan fingerprint density at radius 1 is 0.792 bits per heavy atom. The van der Waals surface area contributed by atoms with E-state index in [2.05, 4.69) is 5.32 Å². The van der Waals surface area contributed by atoms with Gasteiger partial charge in [-0.2, -0.15) is 0 Å². The molecule has 2 fully saturated rings. The van der Waals surface area contributed by atoms with Crippen LogP contribution in [0.1, 0.15) is 42.5 Å². The highest BCUT2D eigenvalue weighted by Crippen LogP contribution is 2.44. The van der Waals surface area contributed by atoms with Gasteiger partial charge in [0, 0.05) is 0 Å². The van der Waals surface area contributed by atoms with Crippen LogP contribution in [-0.2, 0) is 4.79 Å². The second kappa shape index (κ2) is 5.95. The van der Waals surface area contributed by atoms with Crippen molar-refractivity contribution < 1.29 is 20.3 Å². The van der Waals surface area contributed by atoms with Gasteiger partial charge in [-0.3, -0.25) is 4.79 Å². The minimum atomic E-state index is -0.0974. The number of nitrogens with two attached hydrogens (primary N) is 1. The Hall–Kier alpha value is -2.33. The third-order valence-electron chi connectivity index (χ3n) is 5.63. The molecule has 4 nitrogen and oxygen atoms in total. The molecule has 4 heteroatoms. The van der Waals surface area contributed by atoms with E-state index in [-0.39, 0.29) is 41.2 Å². The second-order valence-corrected chi connectivity index (χ2v) is 6.91. The quantitative estimate of drug-likeness (QED) is 0.794. The number of phenolic OH excluding ortho intramolecular Hbond substituents is 2. The first-order valence-electron chi connectivity index (χ1n) is 8.61. The molecule has 4 atom stereocenters.